The first-order valence-electron chi connectivity index (χ1n) is 13.3. The molecule has 9 nitrogen and oxygen atoms in total. The SMILES string of the molecule is CC(C)C[C@H]1N[C@@]2(c3ccccc3-n3c2nc2ccccc2c3=O)[C@H]2C(=O)N(c3ccc(C(=O)O)cc3)C(=O)[C@@H]12. The third-order valence-corrected chi connectivity index (χ3v) is 8.46. The zero-order chi connectivity index (χ0) is 27.9. The lowest BCUT2D eigenvalue weighted by Gasteiger charge is -2.32. The van der Waals surface area contributed by atoms with Gasteiger partial charge in [0.1, 0.15) is 11.4 Å². The van der Waals surface area contributed by atoms with Gasteiger partial charge in [-0.2, -0.15) is 0 Å². The van der Waals surface area contributed by atoms with E-state index in [1.54, 1.807) is 22.8 Å². The van der Waals surface area contributed by atoms with Crippen molar-refractivity contribution < 1.29 is 19.5 Å². The molecule has 200 valence electrons. The normalized spacial score (nSPS) is 24.7. The van der Waals surface area contributed by atoms with Crippen molar-refractivity contribution >= 4 is 34.4 Å². The van der Waals surface area contributed by atoms with Crippen LogP contribution in [-0.4, -0.2) is 38.5 Å². The van der Waals surface area contributed by atoms with Gasteiger partial charge in [-0.05, 0) is 54.8 Å². The van der Waals surface area contributed by atoms with E-state index in [1.807, 2.05) is 30.3 Å². The Morgan fingerprint density at radius 1 is 0.975 bits per heavy atom. The molecule has 0 saturated carbocycles. The fraction of sp³-hybridized carbons (Fsp3) is 0.258. The molecule has 0 radical (unpaired) electrons. The predicted molar refractivity (Wildman–Crippen MR) is 147 cm³/mol. The number of benzene rings is 3. The Bertz CT molecular complexity index is 1810. The number of fused-ring (bicyclic) bond motifs is 8. The van der Waals surface area contributed by atoms with Gasteiger partial charge in [-0.3, -0.25) is 24.3 Å². The van der Waals surface area contributed by atoms with E-state index in [0.29, 0.717) is 34.5 Å². The number of nitrogens with one attached hydrogen (secondary N) is 1. The van der Waals surface area contributed by atoms with E-state index in [1.165, 1.54) is 29.2 Å². The van der Waals surface area contributed by atoms with Gasteiger partial charge in [0, 0.05) is 11.6 Å². The first-order valence-corrected chi connectivity index (χ1v) is 13.3. The highest BCUT2D eigenvalue weighted by atomic mass is 16.4. The molecule has 1 spiro atoms. The Morgan fingerprint density at radius 2 is 1.68 bits per heavy atom. The van der Waals surface area contributed by atoms with Crippen molar-refractivity contribution in [2.45, 2.75) is 31.8 Å². The molecule has 0 bridgehead atoms. The van der Waals surface area contributed by atoms with Crippen LogP contribution in [0.5, 0.6) is 0 Å². The number of hydrogen-bond acceptors (Lipinski definition) is 6. The van der Waals surface area contributed by atoms with Gasteiger partial charge in [0.05, 0.1) is 39.7 Å². The molecule has 2 amide bonds. The van der Waals surface area contributed by atoms with Gasteiger partial charge < -0.3 is 5.11 Å². The number of amides is 2. The van der Waals surface area contributed by atoms with Crippen LogP contribution in [0.4, 0.5) is 5.69 Å². The van der Waals surface area contributed by atoms with Crippen LogP contribution in [0, 0.1) is 17.8 Å². The number of carbonyl (C=O) groups excluding carboxylic acids is 2. The highest BCUT2D eigenvalue weighted by Crippen LogP contribution is 2.56. The Labute approximate surface area is 229 Å². The van der Waals surface area contributed by atoms with Crippen LogP contribution in [0.25, 0.3) is 16.6 Å². The monoisotopic (exact) mass is 534 g/mol. The fourth-order valence-corrected chi connectivity index (χ4v) is 6.94. The predicted octanol–water partition coefficient (Wildman–Crippen LogP) is 3.46. The summed E-state index contributed by atoms with van der Waals surface area (Å²) in [4.78, 5) is 60.0. The molecular formula is C31H26N4O5. The molecule has 4 aromatic rings. The minimum absolute atomic E-state index is 0.0629. The van der Waals surface area contributed by atoms with E-state index in [9.17, 15) is 24.3 Å². The van der Waals surface area contributed by atoms with Crippen LogP contribution in [-0.2, 0) is 15.1 Å². The lowest BCUT2D eigenvalue weighted by molar-refractivity contribution is -0.123. The molecule has 3 aliphatic heterocycles. The number of imide groups is 1. The molecule has 2 fully saturated rings. The smallest absolute Gasteiger partial charge is 0.335 e. The maximum absolute atomic E-state index is 14.4. The Kier molecular flexibility index (Phi) is 5.15. The maximum atomic E-state index is 14.4. The van der Waals surface area contributed by atoms with Gasteiger partial charge >= 0.3 is 5.97 Å². The van der Waals surface area contributed by atoms with E-state index in [-0.39, 0.29) is 29.0 Å². The van der Waals surface area contributed by atoms with Gasteiger partial charge in [0.25, 0.3) is 5.56 Å². The number of aromatic carboxylic acids is 1. The van der Waals surface area contributed by atoms with Crippen LogP contribution in [0.15, 0.2) is 77.6 Å². The summed E-state index contributed by atoms with van der Waals surface area (Å²) in [7, 11) is 0. The minimum atomic E-state index is -1.20. The number of nitrogens with zero attached hydrogens (tertiary/aromatic N) is 3. The fourth-order valence-electron chi connectivity index (χ4n) is 6.94. The molecule has 3 aromatic carbocycles. The number of carboxylic acid groups (broad SMARTS) is 1. The summed E-state index contributed by atoms with van der Waals surface area (Å²) in [6.45, 7) is 4.14. The van der Waals surface area contributed by atoms with Crippen molar-refractivity contribution in [2.24, 2.45) is 17.8 Å². The first kappa shape index (κ1) is 24.4. The topological polar surface area (TPSA) is 122 Å². The molecule has 4 atom stereocenters. The number of carbonyl (C=O) groups is 3. The minimum Gasteiger partial charge on any atom is -0.478 e. The number of aromatic nitrogens is 2. The summed E-state index contributed by atoms with van der Waals surface area (Å²) in [6, 6.07) is 20.0. The highest BCUT2D eigenvalue weighted by molar-refractivity contribution is 6.23. The van der Waals surface area contributed by atoms with Crippen molar-refractivity contribution in [1.29, 1.82) is 0 Å². The maximum Gasteiger partial charge on any atom is 0.335 e. The third kappa shape index (κ3) is 3.09. The summed E-state index contributed by atoms with van der Waals surface area (Å²) >= 11 is 0. The quantitative estimate of drug-likeness (QED) is 0.385. The van der Waals surface area contributed by atoms with Crippen LogP contribution in [0.2, 0.25) is 0 Å². The molecule has 0 unspecified atom stereocenters. The molecule has 0 aliphatic carbocycles. The number of para-hydroxylation sites is 2. The molecule has 2 saturated heterocycles. The molecule has 2 N–H and O–H groups in total. The van der Waals surface area contributed by atoms with Gasteiger partial charge in [0.2, 0.25) is 11.8 Å². The average molecular weight is 535 g/mol. The summed E-state index contributed by atoms with van der Waals surface area (Å²) in [5.74, 6) is -2.76. The van der Waals surface area contributed by atoms with Gasteiger partial charge in [-0.25, -0.2) is 14.7 Å². The molecule has 3 aliphatic rings. The van der Waals surface area contributed by atoms with E-state index in [2.05, 4.69) is 19.2 Å². The second kappa shape index (κ2) is 8.43. The molecular weight excluding hydrogens is 508 g/mol. The molecule has 1 aromatic heterocycles. The molecule has 4 heterocycles. The second-order valence-corrected chi connectivity index (χ2v) is 11.2. The van der Waals surface area contributed by atoms with E-state index in [0.717, 1.165) is 5.56 Å². The lowest BCUT2D eigenvalue weighted by Crippen LogP contribution is -2.50. The number of rotatable bonds is 4. The Morgan fingerprint density at radius 3 is 2.40 bits per heavy atom. The Balaban J connectivity index is 1.48. The lowest BCUT2D eigenvalue weighted by atomic mass is 9.75. The van der Waals surface area contributed by atoms with Gasteiger partial charge in [-0.15, -0.1) is 0 Å². The van der Waals surface area contributed by atoms with E-state index >= 15 is 0 Å². The molecule has 40 heavy (non-hydrogen) atoms. The van der Waals surface area contributed by atoms with Crippen LogP contribution < -0.4 is 15.8 Å². The van der Waals surface area contributed by atoms with Gasteiger partial charge in [-0.1, -0.05) is 44.2 Å². The van der Waals surface area contributed by atoms with Crippen LogP contribution in [0.1, 0.15) is 42.0 Å². The summed E-state index contributed by atoms with van der Waals surface area (Å²) < 4.78 is 1.58. The summed E-state index contributed by atoms with van der Waals surface area (Å²) in [5.41, 5.74) is 0.855. The van der Waals surface area contributed by atoms with Crippen LogP contribution >= 0.6 is 0 Å². The largest absolute Gasteiger partial charge is 0.478 e. The van der Waals surface area contributed by atoms with Crippen LogP contribution in [0.3, 0.4) is 0 Å². The zero-order valence-corrected chi connectivity index (χ0v) is 21.9. The molecule has 7 rings (SSSR count). The number of hydrogen-bond donors (Lipinski definition) is 2. The average Bonchev–Trinajstić information content (AvgIpc) is 3.51. The number of anilines is 1. The second-order valence-electron chi connectivity index (χ2n) is 11.2. The van der Waals surface area contributed by atoms with E-state index < -0.39 is 29.3 Å². The van der Waals surface area contributed by atoms with E-state index in [4.69, 9.17) is 4.98 Å². The number of carboxylic acids is 1. The van der Waals surface area contributed by atoms with Crippen molar-refractivity contribution in [1.82, 2.24) is 14.9 Å². The van der Waals surface area contributed by atoms with Crippen molar-refractivity contribution in [3.05, 3.63) is 100 Å². The summed E-state index contributed by atoms with van der Waals surface area (Å²) in [5, 5.41) is 13.5. The Hall–Kier alpha value is -4.63. The third-order valence-electron chi connectivity index (χ3n) is 8.46. The standard InChI is InChI=1S/C31H26N4O5/c1-16(2)15-22-24-25(28(38)34(27(24)37)18-13-11-17(12-14-18)29(39)40)31(33-22)20-8-4-6-10-23(20)35-26(36)19-7-3-5-9-21(19)32-30(31)35/h3-14,16,22,24-25,33H,15H2,1-2H3,(H,39,40)/t22-,24+,25-,31+/m1/s1. The van der Waals surface area contributed by atoms with Crippen molar-refractivity contribution in [3.63, 3.8) is 0 Å². The van der Waals surface area contributed by atoms with Crippen molar-refractivity contribution in [2.75, 3.05) is 4.90 Å². The molecule has 9 heteroatoms. The summed E-state index contributed by atoms with van der Waals surface area (Å²) in [6.07, 6.45) is 0.633. The van der Waals surface area contributed by atoms with Gasteiger partial charge in [0.15, 0.2) is 0 Å². The first-order chi connectivity index (χ1) is 19.2. The zero-order valence-electron chi connectivity index (χ0n) is 21.9. The highest BCUT2D eigenvalue weighted by Gasteiger charge is 2.69. The van der Waals surface area contributed by atoms with Crippen molar-refractivity contribution in [3.8, 4) is 5.69 Å².